The Labute approximate surface area is 141 Å². The van der Waals surface area contributed by atoms with Gasteiger partial charge in [0.05, 0.1) is 10.7 Å². The zero-order chi connectivity index (χ0) is 15.6. The molecular weight excluding hydrogens is 399 g/mol. The number of benzene rings is 2. The molecule has 0 aliphatic heterocycles. The SMILES string of the molecule is NCc1ccc(Br)c(S(=O)(=O)Nc2ccc(Cl)cc2Cl)c1. The summed E-state index contributed by atoms with van der Waals surface area (Å²) in [5, 5.41) is 0.645. The summed E-state index contributed by atoms with van der Waals surface area (Å²) in [6.45, 7) is 0.248. The van der Waals surface area contributed by atoms with Crippen LogP contribution in [0.1, 0.15) is 5.56 Å². The summed E-state index contributed by atoms with van der Waals surface area (Å²) in [6, 6.07) is 9.42. The summed E-state index contributed by atoms with van der Waals surface area (Å²) in [7, 11) is -3.79. The number of nitrogens with one attached hydrogen (secondary N) is 1. The van der Waals surface area contributed by atoms with E-state index in [1.165, 1.54) is 18.2 Å². The van der Waals surface area contributed by atoms with Gasteiger partial charge in [0.15, 0.2) is 0 Å². The van der Waals surface area contributed by atoms with Crippen molar-refractivity contribution in [3.05, 3.63) is 56.5 Å². The number of halogens is 3. The lowest BCUT2D eigenvalue weighted by Crippen LogP contribution is -2.14. The Hall–Kier alpha value is -0.790. The van der Waals surface area contributed by atoms with Crippen molar-refractivity contribution < 1.29 is 8.42 Å². The molecule has 112 valence electrons. The van der Waals surface area contributed by atoms with E-state index in [0.717, 1.165) is 0 Å². The maximum Gasteiger partial charge on any atom is 0.263 e. The van der Waals surface area contributed by atoms with Crippen LogP contribution in [0.25, 0.3) is 0 Å². The van der Waals surface area contributed by atoms with Gasteiger partial charge in [-0.1, -0.05) is 29.3 Å². The van der Waals surface area contributed by atoms with E-state index in [-0.39, 0.29) is 22.2 Å². The van der Waals surface area contributed by atoms with E-state index in [2.05, 4.69) is 20.7 Å². The summed E-state index contributed by atoms with van der Waals surface area (Å²) in [5.74, 6) is 0. The number of nitrogens with two attached hydrogens (primary N) is 1. The van der Waals surface area contributed by atoms with Crippen LogP contribution >= 0.6 is 39.1 Å². The van der Waals surface area contributed by atoms with E-state index in [9.17, 15) is 8.42 Å². The molecule has 0 aromatic heterocycles. The number of hydrogen-bond donors (Lipinski definition) is 2. The largest absolute Gasteiger partial charge is 0.326 e. The standard InChI is InChI=1S/C13H11BrCl2N2O2S/c14-10-3-1-8(7-17)5-13(10)21(19,20)18-12-4-2-9(15)6-11(12)16/h1-6,18H,7,17H2. The zero-order valence-corrected chi connectivity index (χ0v) is 14.5. The Morgan fingerprint density at radius 2 is 1.86 bits per heavy atom. The molecule has 0 fully saturated rings. The van der Waals surface area contributed by atoms with Gasteiger partial charge in [-0.3, -0.25) is 4.72 Å². The molecule has 21 heavy (non-hydrogen) atoms. The molecule has 4 nitrogen and oxygen atoms in total. The highest BCUT2D eigenvalue weighted by Gasteiger charge is 2.19. The van der Waals surface area contributed by atoms with Gasteiger partial charge in [-0.05, 0) is 51.8 Å². The van der Waals surface area contributed by atoms with Gasteiger partial charge in [0.1, 0.15) is 4.90 Å². The van der Waals surface area contributed by atoms with Crippen LogP contribution in [0.2, 0.25) is 10.0 Å². The van der Waals surface area contributed by atoms with E-state index in [0.29, 0.717) is 15.1 Å². The third-order valence-corrected chi connectivity index (χ3v) is 5.60. The minimum atomic E-state index is -3.79. The van der Waals surface area contributed by atoms with Crippen LogP contribution in [-0.2, 0) is 16.6 Å². The predicted octanol–water partition coefficient (Wildman–Crippen LogP) is 4.02. The van der Waals surface area contributed by atoms with Crippen molar-refractivity contribution >= 4 is 54.8 Å². The number of sulfonamides is 1. The van der Waals surface area contributed by atoms with Crippen molar-refractivity contribution in [3.8, 4) is 0 Å². The molecule has 0 radical (unpaired) electrons. The van der Waals surface area contributed by atoms with Crippen molar-refractivity contribution in [2.45, 2.75) is 11.4 Å². The molecule has 2 aromatic carbocycles. The van der Waals surface area contributed by atoms with Crippen molar-refractivity contribution in [2.24, 2.45) is 5.73 Å². The molecule has 2 rings (SSSR count). The Morgan fingerprint density at radius 3 is 2.48 bits per heavy atom. The molecule has 0 heterocycles. The highest BCUT2D eigenvalue weighted by Crippen LogP contribution is 2.30. The van der Waals surface area contributed by atoms with Crippen molar-refractivity contribution in [2.75, 3.05) is 4.72 Å². The summed E-state index contributed by atoms with van der Waals surface area (Å²) in [5.41, 5.74) is 6.50. The van der Waals surface area contributed by atoms with Crippen LogP contribution in [0.3, 0.4) is 0 Å². The first kappa shape index (κ1) is 16.6. The van der Waals surface area contributed by atoms with Crippen molar-refractivity contribution in [1.82, 2.24) is 0 Å². The fraction of sp³-hybridized carbons (Fsp3) is 0.0769. The average Bonchev–Trinajstić information content (AvgIpc) is 2.42. The zero-order valence-electron chi connectivity index (χ0n) is 10.6. The first-order chi connectivity index (χ1) is 9.83. The molecule has 2 aromatic rings. The van der Waals surface area contributed by atoms with E-state index in [1.54, 1.807) is 18.2 Å². The van der Waals surface area contributed by atoms with Crippen molar-refractivity contribution in [1.29, 1.82) is 0 Å². The maximum absolute atomic E-state index is 12.5. The van der Waals surface area contributed by atoms with Crippen LogP contribution in [0, 0.1) is 0 Å². The molecule has 0 unspecified atom stereocenters. The molecule has 0 bridgehead atoms. The minimum Gasteiger partial charge on any atom is -0.326 e. The fourth-order valence-electron chi connectivity index (χ4n) is 1.65. The number of rotatable bonds is 4. The molecule has 3 N–H and O–H groups in total. The van der Waals surface area contributed by atoms with Crippen LogP contribution in [0.15, 0.2) is 45.8 Å². The Balaban J connectivity index is 2.43. The third-order valence-electron chi connectivity index (χ3n) is 2.70. The van der Waals surface area contributed by atoms with Gasteiger partial charge in [-0.2, -0.15) is 0 Å². The summed E-state index contributed by atoms with van der Waals surface area (Å²) in [4.78, 5) is 0.0940. The second-order valence-electron chi connectivity index (χ2n) is 4.20. The van der Waals surface area contributed by atoms with Gasteiger partial charge >= 0.3 is 0 Å². The van der Waals surface area contributed by atoms with Gasteiger partial charge < -0.3 is 5.73 Å². The molecule has 0 atom stereocenters. The monoisotopic (exact) mass is 408 g/mol. The van der Waals surface area contributed by atoms with E-state index < -0.39 is 10.0 Å². The maximum atomic E-state index is 12.5. The molecule has 0 spiro atoms. The summed E-state index contributed by atoms with van der Waals surface area (Å²) < 4.78 is 27.8. The number of hydrogen-bond acceptors (Lipinski definition) is 3. The first-order valence-electron chi connectivity index (χ1n) is 5.80. The van der Waals surface area contributed by atoms with Gasteiger partial charge in [0.2, 0.25) is 0 Å². The first-order valence-corrected chi connectivity index (χ1v) is 8.83. The van der Waals surface area contributed by atoms with Gasteiger partial charge in [-0.15, -0.1) is 0 Å². The highest BCUT2D eigenvalue weighted by molar-refractivity contribution is 9.10. The van der Waals surface area contributed by atoms with Crippen LogP contribution in [0.5, 0.6) is 0 Å². The lowest BCUT2D eigenvalue weighted by Gasteiger charge is -2.12. The summed E-state index contributed by atoms with van der Waals surface area (Å²) in [6.07, 6.45) is 0. The summed E-state index contributed by atoms with van der Waals surface area (Å²) >= 11 is 15.0. The molecule has 0 amide bonds. The molecule has 0 aliphatic carbocycles. The van der Waals surface area contributed by atoms with Gasteiger partial charge in [0.25, 0.3) is 10.0 Å². The topological polar surface area (TPSA) is 72.2 Å². The minimum absolute atomic E-state index is 0.0940. The molecule has 0 saturated heterocycles. The van der Waals surface area contributed by atoms with E-state index >= 15 is 0 Å². The Bertz CT molecular complexity index is 782. The van der Waals surface area contributed by atoms with Crippen LogP contribution in [0.4, 0.5) is 5.69 Å². The number of anilines is 1. The average molecular weight is 410 g/mol. The molecule has 8 heteroatoms. The quantitative estimate of drug-likeness (QED) is 0.800. The fourth-order valence-corrected chi connectivity index (χ4v) is 4.26. The third kappa shape index (κ3) is 3.90. The van der Waals surface area contributed by atoms with Crippen LogP contribution < -0.4 is 10.5 Å². The van der Waals surface area contributed by atoms with Gasteiger partial charge in [0, 0.05) is 16.0 Å². The predicted molar refractivity (Wildman–Crippen MR) is 89.3 cm³/mol. The second kappa shape index (κ2) is 6.54. The lowest BCUT2D eigenvalue weighted by molar-refractivity contribution is 0.600. The molecule has 0 aliphatic rings. The smallest absolute Gasteiger partial charge is 0.263 e. The Kier molecular flexibility index (Phi) is 5.16. The van der Waals surface area contributed by atoms with E-state index in [1.807, 2.05) is 0 Å². The highest BCUT2D eigenvalue weighted by atomic mass is 79.9. The van der Waals surface area contributed by atoms with Crippen LogP contribution in [-0.4, -0.2) is 8.42 Å². The molecule has 0 saturated carbocycles. The lowest BCUT2D eigenvalue weighted by atomic mass is 10.2. The van der Waals surface area contributed by atoms with E-state index in [4.69, 9.17) is 28.9 Å². The second-order valence-corrected chi connectivity index (χ2v) is 7.55. The van der Waals surface area contributed by atoms with Crippen molar-refractivity contribution in [3.63, 3.8) is 0 Å². The Morgan fingerprint density at radius 1 is 1.14 bits per heavy atom. The normalized spacial score (nSPS) is 11.4. The molecular formula is C13H11BrCl2N2O2S. The van der Waals surface area contributed by atoms with Gasteiger partial charge in [-0.25, -0.2) is 8.42 Å².